The van der Waals surface area contributed by atoms with Crippen molar-refractivity contribution in [3.05, 3.63) is 65.5 Å². The highest BCUT2D eigenvalue weighted by molar-refractivity contribution is 7.89. The van der Waals surface area contributed by atoms with Crippen LogP contribution in [-0.2, 0) is 21.2 Å². The van der Waals surface area contributed by atoms with Gasteiger partial charge in [-0.25, -0.2) is 13.2 Å². The number of rotatable bonds is 8. The van der Waals surface area contributed by atoms with E-state index >= 15 is 0 Å². The summed E-state index contributed by atoms with van der Waals surface area (Å²) in [6.07, 6.45) is -0.703. The molecule has 1 aliphatic heterocycles. The number of urea groups is 1. The Balaban J connectivity index is 1.63. The molecule has 0 fully saturated rings. The van der Waals surface area contributed by atoms with Gasteiger partial charge in [0.25, 0.3) is 0 Å². The maximum Gasteiger partial charge on any atom is 0.323 e. The monoisotopic (exact) mass is 599 g/mol. The minimum Gasteiger partial charge on any atom is -0.488 e. The van der Waals surface area contributed by atoms with Crippen LogP contribution in [0.2, 0.25) is 0 Å². The fourth-order valence-corrected chi connectivity index (χ4v) is 6.36. The highest BCUT2D eigenvalue weighted by Crippen LogP contribution is 2.30. The largest absolute Gasteiger partial charge is 0.488 e. The number of nitrogens with zero attached hydrogens (tertiary/aromatic N) is 3. The molecular formula is C29H37N5O7S. The number of ether oxygens (including phenoxy) is 1. The van der Waals surface area contributed by atoms with Crippen molar-refractivity contribution in [1.82, 2.24) is 14.4 Å². The number of aryl methyl sites for hydroxylation is 2. The first-order chi connectivity index (χ1) is 19.9. The Hall–Kier alpha value is -3.94. The van der Waals surface area contributed by atoms with Gasteiger partial charge in [0, 0.05) is 36.4 Å². The summed E-state index contributed by atoms with van der Waals surface area (Å²) in [7, 11) is -2.50. The van der Waals surface area contributed by atoms with E-state index in [0.717, 1.165) is 0 Å². The average molecular weight is 600 g/mol. The van der Waals surface area contributed by atoms with Gasteiger partial charge >= 0.3 is 6.03 Å². The predicted molar refractivity (Wildman–Crippen MR) is 157 cm³/mol. The lowest BCUT2D eigenvalue weighted by molar-refractivity contribution is -0.134. The fourth-order valence-electron chi connectivity index (χ4n) is 4.89. The number of fused-ring (bicyclic) bond motifs is 1. The molecule has 0 saturated carbocycles. The molecule has 0 spiro atoms. The maximum absolute atomic E-state index is 13.5. The summed E-state index contributed by atoms with van der Waals surface area (Å²) < 4.78 is 39.6. The van der Waals surface area contributed by atoms with E-state index in [4.69, 9.17) is 9.26 Å². The molecule has 1 aromatic heterocycles. The topological polar surface area (TPSA) is 154 Å². The number of anilines is 2. The van der Waals surface area contributed by atoms with Crippen molar-refractivity contribution < 1.29 is 32.4 Å². The summed E-state index contributed by atoms with van der Waals surface area (Å²) >= 11 is 0. The Morgan fingerprint density at radius 3 is 2.50 bits per heavy atom. The number of sulfonamides is 1. The number of aromatic nitrogens is 1. The van der Waals surface area contributed by atoms with Crippen molar-refractivity contribution in [2.24, 2.45) is 5.92 Å². The number of carbonyl (C=O) groups excluding carboxylic acids is 2. The molecule has 2 aromatic carbocycles. The van der Waals surface area contributed by atoms with Crippen molar-refractivity contribution in [3.63, 3.8) is 0 Å². The molecule has 0 bridgehead atoms. The molecule has 4 rings (SSSR count). The summed E-state index contributed by atoms with van der Waals surface area (Å²) in [5.74, 6) is 0.0519. The Morgan fingerprint density at radius 1 is 1.17 bits per heavy atom. The van der Waals surface area contributed by atoms with Gasteiger partial charge < -0.3 is 29.9 Å². The van der Waals surface area contributed by atoms with Crippen molar-refractivity contribution in [2.75, 3.05) is 37.4 Å². The van der Waals surface area contributed by atoms with E-state index in [1.54, 1.807) is 68.1 Å². The van der Waals surface area contributed by atoms with Gasteiger partial charge in [0.1, 0.15) is 22.4 Å². The van der Waals surface area contributed by atoms with Crippen LogP contribution < -0.4 is 15.4 Å². The first-order valence-corrected chi connectivity index (χ1v) is 15.1. The van der Waals surface area contributed by atoms with Gasteiger partial charge in [0.05, 0.1) is 25.6 Å². The van der Waals surface area contributed by atoms with Crippen molar-refractivity contribution >= 4 is 33.3 Å². The Bertz CT molecular complexity index is 1510. The lowest BCUT2D eigenvalue weighted by Gasteiger charge is -2.33. The van der Waals surface area contributed by atoms with Crippen LogP contribution in [0.3, 0.4) is 0 Å². The van der Waals surface area contributed by atoms with Crippen LogP contribution >= 0.6 is 0 Å². The minimum atomic E-state index is -3.96. The minimum absolute atomic E-state index is 0.0105. The Morgan fingerprint density at radius 2 is 1.86 bits per heavy atom. The van der Waals surface area contributed by atoms with E-state index in [9.17, 15) is 23.1 Å². The van der Waals surface area contributed by atoms with E-state index in [2.05, 4.69) is 15.8 Å². The predicted octanol–water partition coefficient (Wildman–Crippen LogP) is 3.41. The number of para-hydroxylation sites is 1. The maximum atomic E-state index is 13.5. The second-order valence-electron chi connectivity index (χ2n) is 10.6. The molecule has 12 nitrogen and oxygen atoms in total. The smallest absolute Gasteiger partial charge is 0.323 e. The zero-order valence-electron chi connectivity index (χ0n) is 24.3. The molecule has 2 heterocycles. The SMILES string of the molecule is Cc1noc(C)c1S(=O)(=O)N(C)C[C@@H]1Oc2ccc(NC(=O)Nc3ccccc3)cc2CC(=O)N([C@@H](C)CO)C[C@H]1C. The molecule has 42 heavy (non-hydrogen) atoms. The molecule has 1 aliphatic rings. The van der Waals surface area contributed by atoms with Crippen LogP contribution in [-0.4, -0.2) is 78.7 Å². The van der Waals surface area contributed by atoms with Gasteiger partial charge in [-0.15, -0.1) is 0 Å². The first kappa shape index (κ1) is 31.0. The van der Waals surface area contributed by atoms with Gasteiger partial charge in [0.2, 0.25) is 15.9 Å². The lowest BCUT2D eigenvalue weighted by Crippen LogP contribution is -2.48. The third-order valence-corrected chi connectivity index (χ3v) is 9.35. The zero-order valence-corrected chi connectivity index (χ0v) is 25.1. The van der Waals surface area contributed by atoms with E-state index in [-0.39, 0.29) is 54.3 Å². The number of carbonyl (C=O) groups is 2. The van der Waals surface area contributed by atoms with Crippen molar-refractivity contribution in [1.29, 1.82) is 0 Å². The summed E-state index contributed by atoms with van der Waals surface area (Å²) in [6.45, 7) is 6.71. The number of hydrogen-bond acceptors (Lipinski definition) is 8. The second-order valence-corrected chi connectivity index (χ2v) is 12.6. The Kier molecular flexibility index (Phi) is 9.54. The number of aliphatic hydroxyl groups excluding tert-OH is 1. The van der Waals surface area contributed by atoms with E-state index in [0.29, 0.717) is 22.7 Å². The van der Waals surface area contributed by atoms with Crippen molar-refractivity contribution in [3.8, 4) is 5.75 Å². The average Bonchev–Trinajstić information content (AvgIpc) is 3.31. The molecule has 13 heteroatoms. The molecule has 0 aliphatic carbocycles. The molecule has 0 radical (unpaired) electrons. The number of aliphatic hydroxyl groups is 1. The third kappa shape index (κ3) is 6.92. The van der Waals surface area contributed by atoms with Gasteiger partial charge in [-0.1, -0.05) is 30.3 Å². The van der Waals surface area contributed by atoms with E-state index in [1.807, 2.05) is 13.0 Å². The van der Waals surface area contributed by atoms with Crippen LogP contribution in [0.4, 0.5) is 16.2 Å². The number of benzene rings is 2. The van der Waals surface area contributed by atoms with Gasteiger partial charge in [0.15, 0.2) is 5.76 Å². The van der Waals surface area contributed by atoms with Gasteiger partial charge in [-0.3, -0.25) is 4.79 Å². The second kappa shape index (κ2) is 12.9. The van der Waals surface area contributed by atoms with E-state index in [1.165, 1.54) is 11.4 Å². The van der Waals surface area contributed by atoms with Crippen LogP contribution in [0.1, 0.15) is 30.9 Å². The standard InChI is InChI=1S/C29H37N5O7S/c1-18-15-34(19(2)17-35)27(36)14-22-13-24(31-29(37)30-23-9-7-6-8-10-23)11-12-25(22)40-26(18)16-33(5)42(38,39)28-20(3)32-41-21(28)4/h6-13,18-19,26,35H,14-17H2,1-5H3,(H2,30,31,37)/t18-,19+,26+/m1/s1. The zero-order chi connectivity index (χ0) is 30.6. The normalized spacial score (nSPS) is 18.4. The molecule has 0 saturated heterocycles. The third-order valence-electron chi connectivity index (χ3n) is 7.28. The van der Waals surface area contributed by atoms with Crippen LogP contribution in [0.5, 0.6) is 5.75 Å². The highest BCUT2D eigenvalue weighted by Gasteiger charge is 2.35. The van der Waals surface area contributed by atoms with Gasteiger partial charge in [-0.2, -0.15) is 4.31 Å². The molecule has 3 aromatic rings. The molecule has 3 amide bonds. The highest BCUT2D eigenvalue weighted by atomic mass is 32.2. The lowest BCUT2D eigenvalue weighted by atomic mass is 10.0. The molecule has 3 atom stereocenters. The number of hydrogen-bond donors (Lipinski definition) is 3. The van der Waals surface area contributed by atoms with E-state index < -0.39 is 28.2 Å². The summed E-state index contributed by atoms with van der Waals surface area (Å²) in [6, 6.07) is 13.0. The summed E-state index contributed by atoms with van der Waals surface area (Å²) in [5, 5.41) is 19.2. The van der Waals surface area contributed by atoms with Crippen molar-refractivity contribution in [2.45, 2.75) is 51.2 Å². The summed E-state index contributed by atoms with van der Waals surface area (Å²) in [4.78, 5) is 27.7. The number of nitrogens with one attached hydrogen (secondary N) is 2. The quantitative estimate of drug-likeness (QED) is 0.356. The Labute approximate surface area is 245 Å². The fraction of sp³-hybridized carbons (Fsp3) is 0.414. The van der Waals surface area contributed by atoms with Gasteiger partial charge in [-0.05, 0) is 51.1 Å². The van der Waals surface area contributed by atoms with Crippen LogP contribution in [0.25, 0.3) is 0 Å². The first-order valence-electron chi connectivity index (χ1n) is 13.6. The molecule has 3 N–H and O–H groups in total. The number of amides is 3. The van der Waals surface area contributed by atoms with Crippen LogP contribution in [0, 0.1) is 19.8 Å². The molecule has 0 unspecified atom stereocenters. The molecular weight excluding hydrogens is 562 g/mol. The summed E-state index contributed by atoms with van der Waals surface area (Å²) in [5.41, 5.74) is 1.85. The number of likely N-dealkylation sites (N-methyl/N-ethyl adjacent to an activating group) is 1. The molecule has 226 valence electrons. The van der Waals surface area contributed by atoms with Crippen LogP contribution in [0.15, 0.2) is 57.9 Å².